The zero-order valence-electron chi connectivity index (χ0n) is 25.9. The molecule has 0 saturated carbocycles. The summed E-state index contributed by atoms with van der Waals surface area (Å²) in [6.45, 7) is 0. The number of hydrogen-bond donors (Lipinski definition) is 2. The number of rotatable bonds is 3. The van der Waals surface area contributed by atoms with E-state index in [0.29, 0.717) is 5.96 Å². The maximum absolute atomic E-state index is 5.21. The van der Waals surface area contributed by atoms with Crippen LogP contribution in [0.15, 0.2) is 168 Å². The lowest BCUT2D eigenvalue weighted by molar-refractivity contribution is 0.668. The fourth-order valence-electron chi connectivity index (χ4n) is 7.32. The van der Waals surface area contributed by atoms with E-state index in [4.69, 9.17) is 9.98 Å². The third-order valence-corrected chi connectivity index (χ3v) is 9.58. The Bertz CT molecular complexity index is 2610. The summed E-state index contributed by atoms with van der Waals surface area (Å²) in [4.78, 5) is 10.4. The minimum absolute atomic E-state index is 0.275. The number of nitrogens with zero attached hydrogens (tertiary/aromatic N) is 3. The zero-order chi connectivity index (χ0) is 31.6. The average molecular weight is 616 g/mol. The summed E-state index contributed by atoms with van der Waals surface area (Å²) < 4.78 is 2.21. The predicted octanol–water partition coefficient (Wildman–Crippen LogP) is 10.3. The molecular weight excluding hydrogens is 587 g/mol. The van der Waals surface area contributed by atoms with Gasteiger partial charge in [-0.15, -0.1) is 0 Å². The van der Waals surface area contributed by atoms with Gasteiger partial charge in [0.25, 0.3) is 0 Å². The van der Waals surface area contributed by atoms with Crippen molar-refractivity contribution in [3.8, 4) is 22.3 Å². The van der Waals surface area contributed by atoms with Crippen LogP contribution in [0, 0.1) is 0 Å². The average Bonchev–Trinajstić information content (AvgIpc) is 3.49. The maximum Gasteiger partial charge on any atom is 0.234 e. The van der Waals surface area contributed by atoms with Crippen LogP contribution in [0.3, 0.4) is 0 Å². The number of anilines is 2. The van der Waals surface area contributed by atoms with Crippen LogP contribution in [0.4, 0.5) is 11.4 Å². The molecule has 0 bridgehead atoms. The van der Waals surface area contributed by atoms with Crippen LogP contribution in [-0.2, 0) is 0 Å². The fourth-order valence-corrected chi connectivity index (χ4v) is 7.32. The summed E-state index contributed by atoms with van der Waals surface area (Å²) in [7, 11) is 0. The highest BCUT2D eigenvalue weighted by molar-refractivity contribution is 6.18. The van der Waals surface area contributed by atoms with E-state index in [1.54, 1.807) is 0 Å². The van der Waals surface area contributed by atoms with Crippen molar-refractivity contribution < 1.29 is 0 Å². The van der Waals surface area contributed by atoms with Crippen LogP contribution in [-0.4, -0.2) is 16.4 Å². The summed E-state index contributed by atoms with van der Waals surface area (Å²) in [6.07, 6.45) is -0.275. The molecule has 7 aromatic carbocycles. The summed E-state index contributed by atoms with van der Waals surface area (Å²) in [6, 6.07) is 55.8. The van der Waals surface area contributed by atoms with Crippen molar-refractivity contribution in [2.24, 2.45) is 9.98 Å². The molecule has 0 saturated heterocycles. The van der Waals surface area contributed by atoms with Crippen LogP contribution in [0.5, 0.6) is 0 Å². The maximum atomic E-state index is 5.21. The van der Waals surface area contributed by atoms with E-state index in [0.717, 1.165) is 39.4 Å². The van der Waals surface area contributed by atoms with E-state index in [-0.39, 0.29) is 6.17 Å². The third-order valence-electron chi connectivity index (χ3n) is 9.58. The van der Waals surface area contributed by atoms with Crippen molar-refractivity contribution in [2.45, 2.75) is 6.17 Å². The van der Waals surface area contributed by atoms with Crippen LogP contribution in [0.2, 0.25) is 0 Å². The third kappa shape index (κ3) is 4.18. The van der Waals surface area contributed by atoms with Crippen LogP contribution >= 0.6 is 0 Å². The molecule has 2 aliphatic rings. The van der Waals surface area contributed by atoms with Crippen LogP contribution in [0.1, 0.15) is 17.3 Å². The molecule has 0 fully saturated rings. The van der Waals surface area contributed by atoms with E-state index in [1.165, 1.54) is 43.8 Å². The number of aliphatic imine (C=N–C) groups is 2. The van der Waals surface area contributed by atoms with Gasteiger partial charge in [-0.25, -0.2) is 4.99 Å². The SMILES string of the molecule is c1ccc(C2=NC(n3c4ccccc4c4cc(-c5ccc6c(c5)-c5cccc7cccc(c57)N6)ccc43)=NC(c3ccccc3)N2)cc1. The Morgan fingerprint density at radius 1 is 0.521 bits per heavy atom. The molecular formula is C43H29N5. The Morgan fingerprint density at radius 2 is 1.25 bits per heavy atom. The van der Waals surface area contributed by atoms with Gasteiger partial charge < -0.3 is 10.6 Å². The first kappa shape index (κ1) is 26.7. The van der Waals surface area contributed by atoms with E-state index < -0.39 is 0 Å². The first-order valence-electron chi connectivity index (χ1n) is 16.3. The molecule has 1 atom stereocenters. The van der Waals surface area contributed by atoms with Gasteiger partial charge in [0.15, 0.2) is 0 Å². The molecule has 0 amide bonds. The predicted molar refractivity (Wildman–Crippen MR) is 199 cm³/mol. The monoisotopic (exact) mass is 615 g/mol. The number of aromatic nitrogens is 1. The zero-order valence-corrected chi connectivity index (χ0v) is 25.9. The highest BCUT2D eigenvalue weighted by atomic mass is 15.3. The van der Waals surface area contributed by atoms with Gasteiger partial charge >= 0.3 is 0 Å². The second-order valence-corrected chi connectivity index (χ2v) is 12.4. The smallest absolute Gasteiger partial charge is 0.234 e. The minimum Gasteiger partial charge on any atom is -0.354 e. The molecule has 5 nitrogen and oxygen atoms in total. The second kappa shape index (κ2) is 10.5. The van der Waals surface area contributed by atoms with Crippen molar-refractivity contribution in [2.75, 3.05) is 5.32 Å². The molecule has 5 heteroatoms. The minimum atomic E-state index is -0.275. The largest absolute Gasteiger partial charge is 0.354 e. The number of fused-ring (bicyclic) bond motifs is 5. The van der Waals surface area contributed by atoms with Crippen molar-refractivity contribution in [3.05, 3.63) is 169 Å². The van der Waals surface area contributed by atoms with Gasteiger partial charge in [-0.1, -0.05) is 121 Å². The van der Waals surface area contributed by atoms with Gasteiger partial charge in [0, 0.05) is 38.7 Å². The molecule has 0 spiro atoms. The summed E-state index contributed by atoms with van der Waals surface area (Å²) >= 11 is 0. The lowest BCUT2D eigenvalue weighted by Gasteiger charge is -2.24. The molecule has 3 heterocycles. The molecule has 2 aliphatic heterocycles. The molecule has 8 aromatic rings. The van der Waals surface area contributed by atoms with E-state index in [1.807, 2.05) is 24.3 Å². The quantitative estimate of drug-likeness (QED) is 0.208. The van der Waals surface area contributed by atoms with E-state index in [9.17, 15) is 0 Å². The van der Waals surface area contributed by atoms with Gasteiger partial charge in [0.2, 0.25) is 5.96 Å². The first-order valence-corrected chi connectivity index (χ1v) is 16.3. The molecule has 10 rings (SSSR count). The number of hydrogen-bond acceptors (Lipinski definition) is 4. The standard InChI is InChI=1S/C43H29N5/c1-3-11-28(12-4-1)41-45-42(29-13-5-2-6-14-29)47-43(46-41)48-38-20-8-7-17-32(38)35-26-31(22-24-39(35)48)30-21-23-36-34(25-30)33-18-9-15-27-16-10-19-37(44-36)40(27)33/h1-26,41,44H,(H,45,46,47). The first-order chi connectivity index (χ1) is 23.8. The molecule has 48 heavy (non-hydrogen) atoms. The fraction of sp³-hybridized carbons (Fsp3) is 0.0233. The summed E-state index contributed by atoms with van der Waals surface area (Å²) in [5.74, 6) is 1.46. The highest BCUT2D eigenvalue weighted by Gasteiger charge is 2.24. The van der Waals surface area contributed by atoms with Gasteiger partial charge in [0.05, 0.1) is 11.0 Å². The lowest BCUT2D eigenvalue weighted by atomic mass is 9.90. The normalized spacial score (nSPS) is 15.0. The van der Waals surface area contributed by atoms with Crippen molar-refractivity contribution >= 4 is 55.7 Å². The highest BCUT2D eigenvalue weighted by Crippen LogP contribution is 2.45. The Balaban J connectivity index is 1.14. The van der Waals surface area contributed by atoms with Gasteiger partial charge in [-0.3, -0.25) is 4.57 Å². The Hall–Kier alpha value is -6.46. The Labute approximate surface area is 277 Å². The number of para-hydroxylation sites is 1. The molecule has 226 valence electrons. The Morgan fingerprint density at radius 3 is 2.12 bits per heavy atom. The topological polar surface area (TPSA) is 53.7 Å². The van der Waals surface area contributed by atoms with Gasteiger partial charge in [-0.2, -0.15) is 4.99 Å². The number of nitrogens with one attached hydrogen (secondary N) is 2. The van der Waals surface area contributed by atoms with Crippen LogP contribution < -0.4 is 10.6 Å². The van der Waals surface area contributed by atoms with Gasteiger partial charge in [-0.05, 0) is 64.0 Å². The lowest BCUT2D eigenvalue weighted by Crippen LogP contribution is -2.35. The second-order valence-electron chi connectivity index (χ2n) is 12.4. The molecule has 1 aromatic heterocycles. The summed E-state index contributed by atoms with van der Waals surface area (Å²) in [5.41, 5.74) is 11.4. The number of amidine groups is 1. The molecule has 0 radical (unpaired) electrons. The molecule has 0 aliphatic carbocycles. The van der Waals surface area contributed by atoms with E-state index in [2.05, 4.69) is 149 Å². The van der Waals surface area contributed by atoms with E-state index >= 15 is 0 Å². The van der Waals surface area contributed by atoms with Crippen molar-refractivity contribution in [3.63, 3.8) is 0 Å². The Kier molecular flexibility index (Phi) is 5.87. The molecule has 1 unspecified atom stereocenters. The number of benzene rings is 7. The van der Waals surface area contributed by atoms with Crippen LogP contribution in [0.25, 0.3) is 54.8 Å². The molecule has 2 N–H and O–H groups in total. The van der Waals surface area contributed by atoms with Crippen molar-refractivity contribution in [1.29, 1.82) is 0 Å². The summed E-state index contributed by atoms with van der Waals surface area (Å²) in [5, 5.41) is 12.1. The van der Waals surface area contributed by atoms with Crippen molar-refractivity contribution in [1.82, 2.24) is 9.88 Å². The van der Waals surface area contributed by atoms with Gasteiger partial charge in [0.1, 0.15) is 12.0 Å².